The molecule has 0 aliphatic rings. The van der Waals surface area contributed by atoms with Crippen molar-refractivity contribution in [3.63, 3.8) is 0 Å². The topological polar surface area (TPSA) is 56.5 Å². The van der Waals surface area contributed by atoms with E-state index in [1.807, 2.05) is 24.0 Å². The molecule has 0 bridgehead atoms. The lowest BCUT2D eigenvalue weighted by molar-refractivity contribution is 0.450. The first kappa shape index (κ1) is 17.5. The Labute approximate surface area is 149 Å². The molecule has 5 heteroatoms. The van der Waals surface area contributed by atoms with Gasteiger partial charge in [-0.15, -0.1) is 5.10 Å². The van der Waals surface area contributed by atoms with Crippen LogP contribution in [-0.2, 0) is 19.4 Å². The lowest BCUT2D eigenvalue weighted by atomic mass is 10.0. The van der Waals surface area contributed by atoms with Crippen molar-refractivity contribution in [1.29, 1.82) is 0 Å². The maximum atomic E-state index is 4.40. The molecular formula is C20H27N5. The van der Waals surface area contributed by atoms with Gasteiger partial charge in [-0.3, -0.25) is 0 Å². The fourth-order valence-electron chi connectivity index (χ4n) is 3.06. The van der Waals surface area contributed by atoms with Crippen molar-refractivity contribution in [2.24, 2.45) is 11.8 Å². The van der Waals surface area contributed by atoms with Crippen molar-refractivity contribution >= 4 is 11.0 Å². The predicted octanol–water partition coefficient (Wildman–Crippen LogP) is 4.00. The Morgan fingerprint density at radius 2 is 1.80 bits per heavy atom. The normalized spacial score (nSPS) is 12.8. The van der Waals surface area contributed by atoms with Gasteiger partial charge in [-0.25, -0.2) is 14.6 Å². The van der Waals surface area contributed by atoms with E-state index in [-0.39, 0.29) is 0 Å². The number of nitrogens with zero attached hydrogens (tertiary/aromatic N) is 5. The van der Waals surface area contributed by atoms with E-state index in [0.29, 0.717) is 11.8 Å². The monoisotopic (exact) mass is 337 g/mol. The minimum absolute atomic E-state index is 0.502. The zero-order valence-corrected chi connectivity index (χ0v) is 15.6. The summed E-state index contributed by atoms with van der Waals surface area (Å²) in [6.45, 7) is 9.59. The Hall–Kier alpha value is -2.30. The summed E-state index contributed by atoms with van der Waals surface area (Å²) in [6.07, 6.45) is 6.77. The first-order valence-corrected chi connectivity index (χ1v) is 9.11. The third-order valence-corrected chi connectivity index (χ3v) is 4.42. The highest BCUT2D eigenvalue weighted by molar-refractivity contribution is 5.75. The molecule has 1 unspecified atom stereocenters. The molecule has 0 N–H and O–H groups in total. The standard InChI is InChI=1S/C20H27N5/c1-14(2)9-17-5-6-19-18(11-17)23-24-25(19)8-7-15(3)10-20-21-12-16(4)13-22-20/h5-6,11-15H,7-10H2,1-4H3. The molecule has 0 radical (unpaired) electrons. The van der Waals surface area contributed by atoms with Crippen LogP contribution < -0.4 is 0 Å². The minimum atomic E-state index is 0.502. The molecule has 2 heterocycles. The first-order valence-electron chi connectivity index (χ1n) is 9.11. The summed E-state index contributed by atoms with van der Waals surface area (Å²) in [7, 11) is 0. The summed E-state index contributed by atoms with van der Waals surface area (Å²) in [5.74, 6) is 2.07. The SMILES string of the molecule is Cc1cnc(CC(C)CCn2nnc3cc(CC(C)C)ccc32)nc1. The van der Waals surface area contributed by atoms with E-state index in [2.05, 4.69) is 59.3 Å². The summed E-state index contributed by atoms with van der Waals surface area (Å²) in [6, 6.07) is 6.52. The zero-order valence-electron chi connectivity index (χ0n) is 15.6. The smallest absolute Gasteiger partial charge is 0.128 e. The average molecular weight is 337 g/mol. The van der Waals surface area contributed by atoms with Crippen LogP contribution in [0.5, 0.6) is 0 Å². The van der Waals surface area contributed by atoms with Crippen LogP contribution in [0.2, 0.25) is 0 Å². The van der Waals surface area contributed by atoms with Crippen molar-refractivity contribution in [2.75, 3.05) is 0 Å². The third kappa shape index (κ3) is 4.62. The largest absolute Gasteiger partial charge is 0.245 e. The summed E-state index contributed by atoms with van der Waals surface area (Å²) >= 11 is 0. The summed E-state index contributed by atoms with van der Waals surface area (Å²) in [5.41, 5.74) is 4.54. The summed E-state index contributed by atoms with van der Waals surface area (Å²) in [4.78, 5) is 8.80. The van der Waals surface area contributed by atoms with Gasteiger partial charge in [0.15, 0.2) is 0 Å². The number of hydrogen-bond donors (Lipinski definition) is 0. The van der Waals surface area contributed by atoms with E-state index in [4.69, 9.17) is 0 Å². The lowest BCUT2D eigenvalue weighted by Gasteiger charge is -2.11. The summed E-state index contributed by atoms with van der Waals surface area (Å²) in [5, 5.41) is 8.69. The molecule has 0 amide bonds. The van der Waals surface area contributed by atoms with E-state index in [1.54, 1.807) is 0 Å². The van der Waals surface area contributed by atoms with Gasteiger partial charge in [0.25, 0.3) is 0 Å². The highest BCUT2D eigenvalue weighted by Gasteiger charge is 2.10. The van der Waals surface area contributed by atoms with Crippen LogP contribution >= 0.6 is 0 Å². The Morgan fingerprint density at radius 3 is 2.52 bits per heavy atom. The maximum absolute atomic E-state index is 4.40. The zero-order chi connectivity index (χ0) is 17.8. The Bertz CT molecular complexity index is 820. The van der Waals surface area contributed by atoms with Crippen LogP contribution in [-0.4, -0.2) is 25.0 Å². The van der Waals surface area contributed by atoms with Gasteiger partial charge in [-0.2, -0.15) is 0 Å². The number of hydrogen-bond acceptors (Lipinski definition) is 4. The number of aryl methyl sites for hydroxylation is 2. The fraction of sp³-hybridized carbons (Fsp3) is 0.500. The van der Waals surface area contributed by atoms with Crippen LogP contribution in [0.25, 0.3) is 11.0 Å². The van der Waals surface area contributed by atoms with Gasteiger partial charge in [-0.05, 0) is 54.9 Å². The van der Waals surface area contributed by atoms with Gasteiger partial charge in [0, 0.05) is 25.4 Å². The van der Waals surface area contributed by atoms with Crippen LogP contribution in [0.1, 0.15) is 44.1 Å². The van der Waals surface area contributed by atoms with Gasteiger partial charge < -0.3 is 0 Å². The highest BCUT2D eigenvalue weighted by atomic mass is 15.4. The Balaban J connectivity index is 1.61. The average Bonchev–Trinajstić information content (AvgIpc) is 2.97. The quantitative estimate of drug-likeness (QED) is 0.654. The molecule has 0 fully saturated rings. The van der Waals surface area contributed by atoms with Crippen molar-refractivity contribution in [1.82, 2.24) is 25.0 Å². The van der Waals surface area contributed by atoms with Crippen molar-refractivity contribution < 1.29 is 0 Å². The van der Waals surface area contributed by atoms with Crippen LogP contribution in [0.4, 0.5) is 0 Å². The van der Waals surface area contributed by atoms with E-state index in [9.17, 15) is 0 Å². The van der Waals surface area contributed by atoms with E-state index >= 15 is 0 Å². The van der Waals surface area contributed by atoms with Gasteiger partial charge in [0.05, 0.1) is 5.52 Å². The van der Waals surface area contributed by atoms with E-state index in [0.717, 1.165) is 48.2 Å². The van der Waals surface area contributed by atoms with Gasteiger partial charge in [0.2, 0.25) is 0 Å². The second-order valence-electron chi connectivity index (χ2n) is 7.51. The maximum Gasteiger partial charge on any atom is 0.128 e. The fourth-order valence-corrected chi connectivity index (χ4v) is 3.06. The van der Waals surface area contributed by atoms with Gasteiger partial charge >= 0.3 is 0 Å². The highest BCUT2D eigenvalue weighted by Crippen LogP contribution is 2.18. The number of fused-ring (bicyclic) bond motifs is 1. The number of aromatic nitrogens is 5. The second kappa shape index (κ2) is 7.72. The third-order valence-electron chi connectivity index (χ3n) is 4.42. The summed E-state index contributed by atoms with van der Waals surface area (Å²) < 4.78 is 2.01. The molecule has 0 aliphatic carbocycles. The van der Waals surface area contributed by atoms with Gasteiger partial charge in [-0.1, -0.05) is 32.1 Å². The van der Waals surface area contributed by atoms with E-state index < -0.39 is 0 Å². The Kier molecular flexibility index (Phi) is 5.41. The molecule has 0 saturated heterocycles. The van der Waals surface area contributed by atoms with Crippen LogP contribution in [0, 0.1) is 18.8 Å². The molecular weight excluding hydrogens is 310 g/mol. The molecule has 3 rings (SSSR count). The molecule has 25 heavy (non-hydrogen) atoms. The molecule has 0 aliphatic heterocycles. The molecule has 0 saturated carbocycles. The molecule has 1 aromatic carbocycles. The first-order chi connectivity index (χ1) is 12.0. The molecule has 132 valence electrons. The minimum Gasteiger partial charge on any atom is -0.245 e. The van der Waals surface area contributed by atoms with E-state index in [1.165, 1.54) is 5.56 Å². The van der Waals surface area contributed by atoms with Crippen molar-refractivity contribution in [3.8, 4) is 0 Å². The van der Waals surface area contributed by atoms with Crippen molar-refractivity contribution in [3.05, 3.63) is 47.5 Å². The number of benzene rings is 1. The molecule has 5 nitrogen and oxygen atoms in total. The van der Waals surface area contributed by atoms with Gasteiger partial charge in [0.1, 0.15) is 11.3 Å². The van der Waals surface area contributed by atoms with Crippen LogP contribution in [0.3, 0.4) is 0 Å². The molecule has 2 aromatic heterocycles. The molecule has 3 aromatic rings. The second-order valence-corrected chi connectivity index (χ2v) is 7.51. The predicted molar refractivity (Wildman–Crippen MR) is 100 cm³/mol. The lowest BCUT2D eigenvalue weighted by Crippen LogP contribution is -2.09. The van der Waals surface area contributed by atoms with Crippen molar-refractivity contribution in [2.45, 2.75) is 53.5 Å². The Morgan fingerprint density at radius 1 is 1.04 bits per heavy atom. The molecule has 1 atom stereocenters. The number of rotatable bonds is 7. The molecule has 0 spiro atoms. The van der Waals surface area contributed by atoms with Crippen LogP contribution in [0.15, 0.2) is 30.6 Å².